The highest BCUT2D eigenvalue weighted by Gasteiger charge is 2.46. The molecule has 32 heavy (non-hydrogen) atoms. The molecule has 2 aromatic carbocycles. The van der Waals surface area contributed by atoms with E-state index < -0.39 is 23.5 Å². The zero-order valence-electron chi connectivity index (χ0n) is 17.9. The molecule has 1 unspecified atom stereocenters. The summed E-state index contributed by atoms with van der Waals surface area (Å²) >= 11 is 0. The number of amides is 1. The van der Waals surface area contributed by atoms with Gasteiger partial charge in [-0.25, -0.2) is 0 Å². The third-order valence-corrected chi connectivity index (χ3v) is 5.12. The van der Waals surface area contributed by atoms with Gasteiger partial charge in [0, 0.05) is 11.3 Å². The molecule has 0 aliphatic carbocycles. The van der Waals surface area contributed by atoms with Crippen molar-refractivity contribution in [3.8, 4) is 11.5 Å². The van der Waals surface area contributed by atoms with E-state index in [0.29, 0.717) is 22.7 Å². The van der Waals surface area contributed by atoms with Gasteiger partial charge in [0.1, 0.15) is 11.5 Å². The van der Waals surface area contributed by atoms with Gasteiger partial charge in [-0.3, -0.25) is 14.5 Å². The van der Waals surface area contributed by atoms with Crippen molar-refractivity contribution in [1.29, 1.82) is 0 Å². The van der Waals surface area contributed by atoms with Crippen LogP contribution in [0.25, 0.3) is 0 Å². The molecule has 1 atom stereocenters. The van der Waals surface area contributed by atoms with Gasteiger partial charge in [-0.15, -0.1) is 0 Å². The van der Waals surface area contributed by atoms with E-state index >= 15 is 0 Å². The normalized spacial score (nSPS) is 16.1. The topological polar surface area (TPSA) is 89.2 Å². The fourth-order valence-electron chi connectivity index (χ4n) is 3.79. The van der Waals surface area contributed by atoms with E-state index in [4.69, 9.17) is 13.9 Å². The zero-order valence-corrected chi connectivity index (χ0v) is 17.9. The van der Waals surface area contributed by atoms with Crippen molar-refractivity contribution in [3.05, 3.63) is 89.6 Å². The molecule has 2 heterocycles. The van der Waals surface area contributed by atoms with Crippen molar-refractivity contribution < 1.29 is 28.6 Å². The lowest BCUT2D eigenvalue weighted by Crippen LogP contribution is -2.31. The number of anilines is 1. The molecule has 1 N–H and O–H groups in total. The van der Waals surface area contributed by atoms with Gasteiger partial charge in [-0.2, -0.15) is 0 Å². The van der Waals surface area contributed by atoms with E-state index in [0.717, 1.165) is 0 Å². The average molecular weight is 433 g/mol. The average Bonchev–Trinajstić information content (AvgIpc) is 3.41. The number of ether oxygens (including phenoxy) is 2. The largest absolute Gasteiger partial charge is 0.503 e. The Hall–Kier alpha value is -4.00. The molecule has 0 spiro atoms. The van der Waals surface area contributed by atoms with Crippen LogP contribution in [-0.4, -0.2) is 30.0 Å². The molecule has 164 valence electrons. The van der Waals surface area contributed by atoms with Gasteiger partial charge >= 0.3 is 0 Å². The minimum atomic E-state index is -0.909. The van der Waals surface area contributed by atoms with Gasteiger partial charge in [-0.1, -0.05) is 18.2 Å². The number of hydrogen-bond donors (Lipinski definition) is 1. The van der Waals surface area contributed by atoms with Crippen LogP contribution in [0.4, 0.5) is 5.69 Å². The Bertz CT molecular complexity index is 1160. The smallest absolute Gasteiger partial charge is 0.294 e. The Morgan fingerprint density at radius 2 is 1.78 bits per heavy atom. The van der Waals surface area contributed by atoms with Crippen LogP contribution in [0.15, 0.2) is 82.7 Å². The van der Waals surface area contributed by atoms with Crippen LogP contribution < -0.4 is 14.4 Å². The first kappa shape index (κ1) is 21.2. The first-order valence-electron chi connectivity index (χ1n) is 10.2. The van der Waals surface area contributed by atoms with Gasteiger partial charge in [0.2, 0.25) is 5.78 Å². The van der Waals surface area contributed by atoms with Crippen molar-refractivity contribution in [3.63, 3.8) is 0 Å². The molecule has 0 fully saturated rings. The molecular weight excluding hydrogens is 410 g/mol. The van der Waals surface area contributed by atoms with E-state index in [1.165, 1.54) is 24.3 Å². The fourth-order valence-corrected chi connectivity index (χ4v) is 3.79. The Morgan fingerprint density at radius 3 is 2.41 bits per heavy atom. The molecule has 4 rings (SSSR count). The summed E-state index contributed by atoms with van der Waals surface area (Å²) in [6.45, 7) is 3.84. The van der Waals surface area contributed by atoms with Crippen LogP contribution in [-0.2, 0) is 4.79 Å². The first-order chi connectivity index (χ1) is 15.4. The third kappa shape index (κ3) is 3.73. The van der Waals surface area contributed by atoms with Gasteiger partial charge in [-0.05, 0) is 56.3 Å². The van der Waals surface area contributed by atoms with E-state index in [2.05, 4.69) is 0 Å². The summed E-state index contributed by atoms with van der Waals surface area (Å²) in [7, 11) is 1.51. The number of para-hydroxylation sites is 1. The fraction of sp³-hybridized carbons (Fsp3) is 0.200. The maximum atomic E-state index is 13.2. The summed E-state index contributed by atoms with van der Waals surface area (Å²) < 4.78 is 16.4. The number of nitrogens with zero attached hydrogens (tertiary/aromatic N) is 1. The Morgan fingerprint density at radius 1 is 1.06 bits per heavy atom. The highest BCUT2D eigenvalue weighted by atomic mass is 16.5. The number of benzene rings is 2. The van der Waals surface area contributed by atoms with Crippen LogP contribution in [0.5, 0.6) is 11.5 Å². The number of Topliss-reactive ketones (excluding diaryl/α,β-unsaturated/α-hetero) is 1. The summed E-state index contributed by atoms with van der Waals surface area (Å²) in [6.07, 6.45) is 1.36. The Kier molecular flexibility index (Phi) is 5.73. The molecule has 1 aromatic heterocycles. The quantitative estimate of drug-likeness (QED) is 0.536. The predicted octanol–water partition coefficient (Wildman–Crippen LogP) is 4.86. The number of furan rings is 1. The lowest BCUT2D eigenvalue weighted by molar-refractivity contribution is -0.117. The molecule has 0 bridgehead atoms. The van der Waals surface area contributed by atoms with Crippen LogP contribution in [0.3, 0.4) is 0 Å². The number of carbonyl (C=O) groups excluding carboxylic acids is 2. The van der Waals surface area contributed by atoms with Gasteiger partial charge in [0.05, 0.1) is 31.1 Å². The zero-order chi connectivity index (χ0) is 22.8. The summed E-state index contributed by atoms with van der Waals surface area (Å²) in [5.74, 6) is -0.721. The lowest BCUT2D eigenvalue weighted by Gasteiger charge is -2.28. The third-order valence-electron chi connectivity index (χ3n) is 5.12. The number of hydrogen-bond acceptors (Lipinski definition) is 6. The second-order valence-electron chi connectivity index (χ2n) is 7.55. The maximum Gasteiger partial charge on any atom is 0.294 e. The minimum Gasteiger partial charge on any atom is -0.503 e. The highest BCUT2D eigenvalue weighted by Crippen LogP contribution is 2.44. The Labute approximate surface area is 185 Å². The molecule has 0 saturated carbocycles. The minimum absolute atomic E-state index is 0.00109. The molecular formula is C25H23NO6. The molecule has 7 heteroatoms. The lowest BCUT2D eigenvalue weighted by atomic mass is 9.94. The SMILES string of the molecule is COc1ccccc1C1C(C(=O)c2ccco2)=C(O)C(=O)N1c1ccc(OC(C)C)cc1. The summed E-state index contributed by atoms with van der Waals surface area (Å²) in [6, 6.07) is 16.1. The number of aliphatic hydroxyl groups is 1. The van der Waals surface area contributed by atoms with Gasteiger partial charge in [0.25, 0.3) is 5.91 Å². The van der Waals surface area contributed by atoms with E-state index in [1.807, 2.05) is 13.8 Å². The van der Waals surface area contributed by atoms with Crippen molar-refractivity contribution in [2.24, 2.45) is 0 Å². The number of methoxy groups -OCH3 is 1. The highest BCUT2D eigenvalue weighted by molar-refractivity contribution is 6.20. The summed E-state index contributed by atoms with van der Waals surface area (Å²) in [5, 5.41) is 10.8. The van der Waals surface area contributed by atoms with Gasteiger partial charge < -0.3 is 19.0 Å². The summed E-state index contributed by atoms with van der Waals surface area (Å²) in [5.41, 5.74) is 0.984. The number of ketones is 1. The molecule has 3 aromatic rings. The van der Waals surface area contributed by atoms with Crippen molar-refractivity contribution >= 4 is 17.4 Å². The van der Waals surface area contributed by atoms with Crippen molar-refractivity contribution in [1.82, 2.24) is 0 Å². The van der Waals surface area contributed by atoms with Crippen molar-refractivity contribution in [2.75, 3.05) is 12.0 Å². The van der Waals surface area contributed by atoms with Crippen LogP contribution in [0.2, 0.25) is 0 Å². The second kappa shape index (κ2) is 8.63. The molecule has 1 aliphatic rings. The van der Waals surface area contributed by atoms with E-state index in [9.17, 15) is 14.7 Å². The standard InChI is InChI=1S/C25H23NO6/c1-15(2)32-17-12-10-16(11-13-17)26-22(18-7-4-5-8-19(18)30-3)21(24(28)25(26)29)23(27)20-9-6-14-31-20/h4-15,22,28H,1-3H3. The predicted molar refractivity (Wildman–Crippen MR) is 118 cm³/mol. The molecule has 0 radical (unpaired) electrons. The molecule has 7 nitrogen and oxygen atoms in total. The maximum absolute atomic E-state index is 13.2. The van der Waals surface area contributed by atoms with Crippen LogP contribution in [0, 0.1) is 0 Å². The number of carbonyl (C=O) groups is 2. The second-order valence-corrected chi connectivity index (χ2v) is 7.55. The molecule has 1 aliphatic heterocycles. The number of rotatable bonds is 7. The summed E-state index contributed by atoms with van der Waals surface area (Å²) in [4.78, 5) is 27.8. The van der Waals surface area contributed by atoms with Gasteiger partial charge in [0.15, 0.2) is 11.5 Å². The first-order valence-corrected chi connectivity index (χ1v) is 10.2. The Balaban J connectivity index is 1.84. The van der Waals surface area contributed by atoms with Crippen LogP contribution in [0.1, 0.15) is 36.0 Å². The monoisotopic (exact) mass is 433 g/mol. The molecule has 0 saturated heterocycles. The number of aliphatic hydroxyl groups excluding tert-OH is 1. The van der Waals surface area contributed by atoms with E-state index in [-0.39, 0.29) is 17.4 Å². The molecule has 1 amide bonds. The van der Waals surface area contributed by atoms with E-state index in [1.54, 1.807) is 54.6 Å². The van der Waals surface area contributed by atoms with Crippen LogP contribution >= 0.6 is 0 Å². The van der Waals surface area contributed by atoms with Crippen molar-refractivity contribution in [2.45, 2.75) is 26.0 Å².